The van der Waals surface area contributed by atoms with Gasteiger partial charge in [-0.25, -0.2) is 4.39 Å². The third kappa shape index (κ3) is 8.07. The monoisotopic (exact) mass is 574 g/mol. The predicted molar refractivity (Wildman–Crippen MR) is 143 cm³/mol. The fraction of sp³-hybridized carbons (Fsp3) is 0.286. The minimum atomic E-state index is -0.873. The number of nitrogens with one attached hydrogen (secondary N) is 1. The van der Waals surface area contributed by atoms with E-state index in [9.17, 15) is 14.0 Å². The Bertz CT molecular complexity index is 1180. The molecular formula is C28H29BrClFN2O3. The van der Waals surface area contributed by atoms with E-state index < -0.39 is 17.8 Å². The highest BCUT2D eigenvalue weighted by molar-refractivity contribution is 9.10. The fourth-order valence-corrected chi connectivity index (χ4v) is 4.33. The van der Waals surface area contributed by atoms with Crippen molar-refractivity contribution < 1.29 is 18.7 Å². The Kier molecular flexibility index (Phi) is 10.3. The number of amides is 2. The van der Waals surface area contributed by atoms with Gasteiger partial charge in [0, 0.05) is 29.5 Å². The Hall–Kier alpha value is -2.90. The highest BCUT2D eigenvalue weighted by atomic mass is 79.9. The molecule has 0 bridgehead atoms. The molecule has 0 aliphatic heterocycles. The van der Waals surface area contributed by atoms with Crippen molar-refractivity contribution in [2.75, 3.05) is 13.2 Å². The van der Waals surface area contributed by atoms with Gasteiger partial charge in [0.1, 0.15) is 17.6 Å². The summed E-state index contributed by atoms with van der Waals surface area (Å²) in [6.45, 7) is 3.99. The number of halogens is 3. The van der Waals surface area contributed by atoms with Crippen LogP contribution in [0.25, 0.3) is 0 Å². The molecule has 190 valence electrons. The van der Waals surface area contributed by atoms with Crippen molar-refractivity contribution in [3.05, 3.63) is 99.2 Å². The van der Waals surface area contributed by atoms with E-state index in [1.165, 1.54) is 11.0 Å². The first-order chi connectivity index (χ1) is 17.2. The maximum Gasteiger partial charge on any atom is 0.261 e. The lowest BCUT2D eigenvalue weighted by molar-refractivity contribution is -0.142. The molecule has 3 aromatic carbocycles. The van der Waals surface area contributed by atoms with Crippen LogP contribution < -0.4 is 10.1 Å². The minimum absolute atomic E-state index is 0.0878. The molecule has 0 heterocycles. The number of hydrogen-bond acceptors (Lipinski definition) is 3. The second-order valence-corrected chi connectivity index (χ2v) is 10.1. The van der Waals surface area contributed by atoms with Crippen LogP contribution >= 0.6 is 27.5 Å². The molecule has 36 heavy (non-hydrogen) atoms. The molecule has 1 atom stereocenters. The second kappa shape index (κ2) is 13.4. The van der Waals surface area contributed by atoms with Gasteiger partial charge in [-0.05, 0) is 35.7 Å². The first-order valence-corrected chi connectivity index (χ1v) is 12.8. The van der Waals surface area contributed by atoms with Gasteiger partial charge in [-0.3, -0.25) is 9.59 Å². The average Bonchev–Trinajstić information content (AvgIpc) is 2.85. The van der Waals surface area contributed by atoms with Crippen LogP contribution in [0.15, 0.2) is 77.3 Å². The maximum atomic E-state index is 14.6. The van der Waals surface area contributed by atoms with E-state index in [-0.39, 0.29) is 31.4 Å². The second-order valence-electron chi connectivity index (χ2n) is 8.82. The van der Waals surface area contributed by atoms with Gasteiger partial charge in [0.15, 0.2) is 6.61 Å². The minimum Gasteiger partial charge on any atom is -0.482 e. The Morgan fingerprint density at radius 1 is 1.06 bits per heavy atom. The van der Waals surface area contributed by atoms with Crippen LogP contribution in [0.2, 0.25) is 5.02 Å². The van der Waals surface area contributed by atoms with Crippen LogP contribution in [0.5, 0.6) is 5.75 Å². The smallest absolute Gasteiger partial charge is 0.261 e. The number of carbonyl (C=O) groups is 2. The normalized spacial score (nSPS) is 11.7. The lowest BCUT2D eigenvalue weighted by atomic mass is 10.0. The number of hydrogen-bond donors (Lipinski definition) is 1. The lowest BCUT2D eigenvalue weighted by Gasteiger charge is -2.32. The van der Waals surface area contributed by atoms with Crippen molar-refractivity contribution in [3.8, 4) is 5.75 Å². The number of benzene rings is 3. The summed E-state index contributed by atoms with van der Waals surface area (Å²) in [6.07, 6.45) is 0.268. The van der Waals surface area contributed by atoms with Crippen LogP contribution in [0.3, 0.4) is 0 Å². The van der Waals surface area contributed by atoms with Crippen LogP contribution in [0.4, 0.5) is 4.39 Å². The first kappa shape index (κ1) is 27.7. The van der Waals surface area contributed by atoms with Crippen molar-refractivity contribution in [3.63, 3.8) is 0 Å². The van der Waals surface area contributed by atoms with Crippen molar-refractivity contribution >= 4 is 39.3 Å². The summed E-state index contributed by atoms with van der Waals surface area (Å²) < 4.78 is 21.1. The van der Waals surface area contributed by atoms with Gasteiger partial charge in [-0.2, -0.15) is 0 Å². The van der Waals surface area contributed by atoms with Gasteiger partial charge >= 0.3 is 0 Å². The summed E-state index contributed by atoms with van der Waals surface area (Å²) in [5.74, 6) is -0.655. The molecular weight excluding hydrogens is 547 g/mol. The number of rotatable bonds is 11. The molecule has 0 radical (unpaired) electrons. The fourth-order valence-electron chi connectivity index (χ4n) is 3.60. The Morgan fingerprint density at radius 3 is 2.42 bits per heavy atom. The van der Waals surface area contributed by atoms with Crippen molar-refractivity contribution in [1.82, 2.24) is 10.2 Å². The molecule has 8 heteroatoms. The molecule has 0 saturated carbocycles. The molecule has 0 aliphatic carbocycles. The third-order valence-electron chi connectivity index (χ3n) is 5.50. The first-order valence-electron chi connectivity index (χ1n) is 11.7. The Morgan fingerprint density at radius 2 is 1.75 bits per heavy atom. The van der Waals surface area contributed by atoms with Gasteiger partial charge in [-0.15, -0.1) is 0 Å². The highest BCUT2D eigenvalue weighted by Crippen LogP contribution is 2.28. The summed E-state index contributed by atoms with van der Waals surface area (Å²) in [5, 5.41) is 3.27. The van der Waals surface area contributed by atoms with E-state index in [1.54, 1.807) is 36.4 Å². The van der Waals surface area contributed by atoms with Gasteiger partial charge in [0.25, 0.3) is 5.91 Å². The van der Waals surface area contributed by atoms with Crippen LogP contribution in [0.1, 0.15) is 25.0 Å². The Labute approximate surface area is 224 Å². The summed E-state index contributed by atoms with van der Waals surface area (Å²) in [5.41, 5.74) is 1.19. The van der Waals surface area contributed by atoms with Gasteiger partial charge < -0.3 is 15.0 Å². The largest absolute Gasteiger partial charge is 0.482 e. The molecule has 0 aromatic heterocycles. The van der Waals surface area contributed by atoms with Gasteiger partial charge in [0.05, 0.1) is 5.02 Å². The zero-order valence-corrected chi connectivity index (χ0v) is 22.6. The summed E-state index contributed by atoms with van der Waals surface area (Å²) in [4.78, 5) is 28.3. The summed E-state index contributed by atoms with van der Waals surface area (Å²) in [6, 6.07) is 19.8. The van der Waals surface area contributed by atoms with E-state index in [0.29, 0.717) is 22.9 Å². The number of nitrogens with zero attached hydrogens (tertiary/aromatic N) is 1. The van der Waals surface area contributed by atoms with Crippen LogP contribution in [-0.4, -0.2) is 35.9 Å². The molecule has 0 spiro atoms. The SMILES string of the molecule is CC(C)CNC(=O)C(Cc1ccccc1)N(Cc1ccccc1F)C(=O)COc1ccc(Br)cc1Cl. The standard InChI is InChI=1S/C28H29BrClFN2O3/c1-19(2)16-32-28(35)25(14-20-8-4-3-5-9-20)33(17-21-10-6-7-11-24(21)31)27(34)18-36-26-13-12-22(29)15-23(26)30/h3-13,15,19,25H,14,16-18H2,1-2H3,(H,32,35). The molecule has 2 amide bonds. The van der Waals surface area contributed by atoms with E-state index in [2.05, 4.69) is 21.2 Å². The van der Waals surface area contributed by atoms with Crippen molar-refractivity contribution in [1.29, 1.82) is 0 Å². The zero-order chi connectivity index (χ0) is 26.1. The zero-order valence-electron chi connectivity index (χ0n) is 20.2. The molecule has 0 saturated heterocycles. The molecule has 1 N–H and O–H groups in total. The molecule has 5 nitrogen and oxygen atoms in total. The number of carbonyl (C=O) groups excluding carboxylic acids is 2. The Balaban J connectivity index is 1.92. The summed E-state index contributed by atoms with van der Waals surface area (Å²) >= 11 is 9.58. The number of ether oxygens (including phenoxy) is 1. The third-order valence-corrected chi connectivity index (χ3v) is 6.29. The summed E-state index contributed by atoms with van der Waals surface area (Å²) in [7, 11) is 0. The van der Waals surface area contributed by atoms with Gasteiger partial charge in [0.2, 0.25) is 5.91 Å². The van der Waals surface area contributed by atoms with E-state index in [0.717, 1.165) is 10.0 Å². The molecule has 0 fully saturated rings. The quantitative estimate of drug-likeness (QED) is 0.304. The maximum absolute atomic E-state index is 14.6. The van der Waals surface area contributed by atoms with Gasteiger partial charge in [-0.1, -0.05) is 89.9 Å². The molecule has 0 aliphatic rings. The average molecular weight is 576 g/mol. The predicted octanol–water partition coefficient (Wildman–Crippen LogP) is 6.03. The van der Waals surface area contributed by atoms with Crippen LogP contribution in [-0.2, 0) is 22.6 Å². The van der Waals surface area contributed by atoms with E-state index in [1.807, 2.05) is 44.2 Å². The van der Waals surface area contributed by atoms with E-state index >= 15 is 0 Å². The van der Waals surface area contributed by atoms with Crippen LogP contribution in [0, 0.1) is 11.7 Å². The molecule has 1 unspecified atom stereocenters. The van der Waals surface area contributed by atoms with Crippen molar-refractivity contribution in [2.24, 2.45) is 5.92 Å². The highest BCUT2D eigenvalue weighted by Gasteiger charge is 2.31. The molecule has 3 aromatic rings. The van der Waals surface area contributed by atoms with E-state index in [4.69, 9.17) is 16.3 Å². The molecule has 3 rings (SSSR count). The topological polar surface area (TPSA) is 58.6 Å². The van der Waals surface area contributed by atoms with Crippen molar-refractivity contribution in [2.45, 2.75) is 32.9 Å². The lowest BCUT2D eigenvalue weighted by Crippen LogP contribution is -2.52.